The van der Waals surface area contributed by atoms with Crippen LogP contribution in [0.4, 0.5) is 0 Å². The van der Waals surface area contributed by atoms with Crippen LogP contribution in [0.2, 0.25) is 0 Å². The van der Waals surface area contributed by atoms with Crippen LogP contribution in [0.15, 0.2) is 0 Å². The van der Waals surface area contributed by atoms with Crippen LogP contribution in [-0.2, 0) is 16.6 Å². The Labute approximate surface area is 124 Å². The van der Waals surface area contributed by atoms with E-state index < -0.39 is 11.7 Å². The van der Waals surface area contributed by atoms with Crippen LogP contribution >= 0.6 is 0 Å². The Morgan fingerprint density at radius 1 is 1.24 bits per heavy atom. The number of amides is 2. The summed E-state index contributed by atoms with van der Waals surface area (Å²) in [7, 11) is 1.72. The molecule has 1 rings (SSSR count). The van der Waals surface area contributed by atoms with Gasteiger partial charge in [-0.25, -0.2) is 0 Å². The maximum absolute atomic E-state index is 12.4. The van der Waals surface area contributed by atoms with Gasteiger partial charge in [0.05, 0.1) is 17.8 Å². The number of nitrogens with one attached hydrogen (secondary N) is 1. The van der Waals surface area contributed by atoms with Crippen LogP contribution in [-0.4, -0.2) is 51.9 Å². The Bertz CT molecular complexity index is 563. The molecule has 1 N–H and O–H groups in total. The molecule has 116 valence electrons. The zero-order valence-electron chi connectivity index (χ0n) is 13.2. The van der Waals surface area contributed by atoms with E-state index in [-0.39, 0.29) is 12.5 Å². The minimum absolute atomic E-state index is 0.118. The Hall–Kier alpha value is -2.18. The molecule has 0 aromatic carbocycles. The molecule has 0 radical (unpaired) electrons. The highest BCUT2D eigenvalue weighted by atomic mass is 16.2. The van der Waals surface area contributed by atoms with Gasteiger partial charge in [-0.2, -0.15) is 5.10 Å². The smallest absolute Gasteiger partial charge is 0.295 e. The minimum atomic E-state index is -0.678. The van der Waals surface area contributed by atoms with Crippen LogP contribution in [0, 0.1) is 13.8 Å². The van der Waals surface area contributed by atoms with Gasteiger partial charge < -0.3 is 10.2 Å². The standard InChI is InChI=1S/C14H22N4O3/c1-6-15-11(19)8-18(7-2)14(21)13(20)12-9(3)16-17(5)10(12)4/h6-8H2,1-5H3,(H,15,19). The molecule has 1 aromatic rings. The van der Waals surface area contributed by atoms with Gasteiger partial charge in [0, 0.05) is 25.8 Å². The molecule has 2 amide bonds. The molecule has 0 bridgehead atoms. The third-order valence-electron chi connectivity index (χ3n) is 3.31. The van der Waals surface area contributed by atoms with Crippen molar-refractivity contribution in [3.8, 4) is 0 Å². The zero-order valence-corrected chi connectivity index (χ0v) is 13.2. The van der Waals surface area contributed by atoms with E-state index in [1.165, 1.54) is 4.90 Å². The van der Waals surface area contributed by atoms with Crippen LogP contribution < -0.4 is 5.32 Å². The highest BCUT2D eigenvalue weighted by molar-refractivity contribution is 6.43. The second-order valence-corrected chi connectivity index (χ2v) is 4.77. The number of aryl methyl sites for hydroxylation is 2. The summed E-state index contributed by atoms with van der Waals surface area (Å²) in [5.41, 5.74) is 1.47. The molecule has 7 heteroatoms. The summed E-state index contributed by atoms with van der Waals surface area (Å²) in [6.45, 7) is 7.61. The molecule has 0 spiro atoms. The quantitative estimate of drug-likeness (QED) is 0.600. The Morgan fingerprint density at radius 3 is 2.29 bits per heavy atom. The van der Waals surface area contributed by atoms with Crippen LogP contribution in [0.1, 0.15) is 35.6 Å². The molecule has 0 aliphatic heterocycles. The normalized spacial score (nSPS) is 10.3. The predicted octanol–water partition coefficient (Wildman–Crippen LogP) is 0.204. The maximum Gasteiger partial charge on any atom is 0.295 e. The first kappa shape index (κ1) is 16.9. The largest absolute Gasteiger partial charge is 0.355 e. The molecule has 0 fully saturated rings. The van der Waals surface area contributed by atoms with Gasteiger partial charge in [-0.15, -0.1) is 0 Å². The van der Waals surface area contributed by atoms with Gasteiger partial charge in [-0.05, 0) is 27.7 Å². The molecule has 0 saturated heterocycles. The summed E-state index contributed by atoms with van der Waals surface area (Å²) >= 11 is 0. The summed E-state index contributed by atoms with van der Waals surface area (Å²) in [4.78, 5) is 37.5. The number of carbonyl (C=O) groups excluding carboxylic acids is 3. The zero-order chi connectivity index (χ0) is 16.2. The van der Waals surface area contributed by atoms with Crippen molar-refractivity contribution in [2.75, 3.05) is 19.6 Å². The van der Waals surface area contributed by atoms with E-state index in [1.54, 1.807) is 39.4 Å². The van der Waals surface area contributed by atoms with E-state index in [0.29, 0.717) is 30.0 Å². The van der Waals surface area contributed by atoms with Gasteiger partial charge in [0.2, 0.25) is 5.91 Å². The van der Waals surface area contributed by atoms with Gasteiger partial charge in [-0.1, -0.05) is 0 Å². The number of rotatable bonds is 6. The molecule has 7 nitrogen and oxygen atoms in total. The molecule has 21 heavy (non-hydrogen) atoms. The van der Waals surface area contributed by atoms with Gasteiger partial charge in [0.25, 0.3) is 11.7 Å². The van der Waals surface area contributed by atoms with Crippen LogP contribution in [0.5, 0.6) is 0 Å². The molecule has 0 aliphatic rings. The number of hydrogen-bond donors (Lipinski definition) is 1. The first-order chi connectivity index (χ1) is 9.83. The summed E-state index contributed by atoms with van der Waals surface area (Å²) in [6.07, 6.45) is 0. The number of likely N-dealkylation sites (N-methyl/N-ethyl adjacent to an activating group) is 2. The third kappa shape index (κ3) is 3.68. The van der Waals surface area contributed by atoms with Gasteiger partial charge in [0.1, 0.15) is 0 Å². The fraction of sp³-hybridized carbons (Fsp3) is 0.571. The lowest BCUT2D eigenvalue weighted by Crippen LogP contribution is -2.43. The third-order valence-corrected chi connectivity index (χ3v) is 3.31. The Morgan fingerprint density at radius 2 is 1.86 bits per heavy atom. The lowest BCUT2D eigenvalue weighted by atomic mass is 10.1. The van der Waals surface area contributed by atoms with E-state index in [2.05, 4.69) is 10.4 Å². The van der Waals surface area contributed by atoms with Crippen molar-refractivity contribution in [3.05, 3.63) is 17.0 Å². The lowest BCUT2D eigenvalue weighted by Gasteiger charge is -2.19. The molecule has 1 aromatic heterocycles. The average molecular weight is 294 g/mol. The Kier molecular flexibility index (Phi) is 5.63. The van der Waals surface area contributed by atoms with Gasteiger partial charge >= 0.3 is 0 Å². The summed E-state index contributed by atoms with van der Waals surface area (Å²) in [5, 5.41) is 6.75. The van der Waals surface area contributed by atoms with E-state index in [9.17, 15) is 14.4 Å². The number of ketones is 1. The number of hydrogen-bond acceptors (Lipinski definition) is 4. The topological polar surface area (TPSA) is 84.3 Å². The SMILES string of the molecule is CCNC(=O)CN(CC)C(=O)C(=O)c1c(C)nn(C)c1C. The maximum atomic E-state index is 12.4. The van der Waals surface area contributed by atoms with Crippen molar-refractivity contribution in [2.45, 2.75) is 27.7 Å². The fourth-order valence-corrected chi connectivity index (χ4v) is 2.11. The molecular weight excluding hydrogens is 272 g/mol. The highest BCUT2D eigenvalue weighted by Gasteiger charge is 2.28. The van der Waals surface area contributed by atoms with Crippen LogP contribution in [0.25, 0.3) is 0 Å². The predicted molar refractivity (Wildman–Crippen MR) is 78.0 cm³/mol. The van der Waals surface area contributed by atoms with Gasteiger partial charge in [0.15, 0.2) is 0 Å². The summed E-state index contributed by atoms with van der Waals surface area (Å²) in [5.74, 6) is -1.58. The number of carbonyl (C=O) groups is 3. The van der Waals surface area contributed by atoms with E-state index in [1.807, 2.05) is 0 Å². The molecule has 1 heterocycles. The number of Topliss-reactive ketones (excluding diaryl/α,β-unsaturated/α-hetero) is 1. The van der Waals surface area contributed by atoms with E-state index in [4.69, 9.17) is 0 Å². The lowest BCUT2D eigenvalue weighted by molar-refractivity contribution is -0.132. The molecule has 0 aliphatic carbocycles. The van der Waals surface area contributed by atoms with Gasteiger partial charge in [-0.3, -0.25) is 19.1 Å². The number of nitrogens with zero attached hydrogens (tertiary/aromatic N) is 3. The second-order valence-electron chi connectivity index (χ2n) is 4.77. The van der Waals surface area contributed by atoms with E-state index in [0.717, 1.165) is 0 Å². The molecule has 0 atom stereocenters. The Balaban J connectivity index is 2.94. The average Bonchev–Trinajstić information content (AvgIpc) is 2.68. The highest BCUT2D eigenvalue weighted by Crippen LogP contribution is 2.14. The summed E-state index contributed by atoms with van der Waals surface area (Å²) in [6, 6.07) is 0. The van der Waals surface area contributed by atoms with Crippen molar-refractivity contribution in [2.24, 2.45) is 7.05 Å². The number of aromatic nitrogens is 2. The molecule has 0 saturated carbocycles. The molecular formula is C14H22N4O3. The van der Waals surface area contributed by atoms with Crippen molar-refractivity contribution in [3.63, 3.8) is 0 Å². The first-order valence-corrected chi connectivity index (χ1v) is 6.93. The van der Waals surface area contributed by atoms with Crippen molar-refractivity contribution in [1.82, 2.24) is 20.0 Å². The van der Waals surface area contributed by atoms with Crippen LogP contribution in [0.3, 0.4) is 0 Å². The van der Waals surface area contributed by atoms with Crippen molar-refractivity contribution < 1.29 is 14.4 Å². The van der Waals surface area contributed by atoms with Crippen molar-refractivity contribution >= 4 is 17.6 Å². The van der Waals surface area contributed by atoms with E-state index >= 15 is 0 Å². The summed E-state index contributed by atoms with van der Waals surface area (Å²) < 4.78 is 1.57. The molecule has 0 unspecified atom stereocenters. The minimum Gasteiger partial charge on any atom is -0.355 e. The monoisotopic (exact) mass is 294 g/mol. The van der Waals surface area contributed by atoms with Crippen molar-refractivity contribution in [1.29, 1.82) is 0 Å². The fourth-order valence-electron chi connectivity index (χ4n) is 2.11. The second kappa shape index (κ2) is 7.01. The first-order valence-electron chi connectivity index (χ1n) is 6.93.